The number of amides is 1. The molecule has 5 heteroatoms. The molecule has 0 saturated carbocycles. The van der Waals surface area contributed by atoms with Gasteiger partial charge in [-0.05, 0) is 60.4 Å². The van der Waals surface area contributed by atoms with E-state index in [0.29, 0.717) is 30.3 Å². The molecule has 1 atom stereocenters. The van der Waals surface area contributed by atoms with E-state index in [2.05, 4.69) is 29.6 Å². The molecule has 0 bridgehead atoms. The molecule has 164 valence electrons. The fourth-order valence-electron chi connectivity index (χ4n) is 3.29. The third-order valence-corrected chi connectivity index (χ3v) is 5.20. The van der Waals surface area contributed by atoms with Crippen molar-refractivity contribution in [3.8, 4) is 17.6 Å². The topological polar surface area (TPSA) is 71.3 Å². The molecule has 3 aromatic rings. The zero-order chi connectivity index (χ0) is 22.9. The van der Waals surface area contributed by atoms with Crippen LogP contribution >= 0.6 is 0 Å². The molecule has 0 radical (unpaired) electrons. The van der Waals surface area contributed by atoms with Crippen LogP contribution in [0.1, 0.15) is 38.3 Å². The fourth-order valence-corrected chi connectivity index (χ4v) is 3.29. The van der Waals surface area contributed by atoms with Crippen molar-refractivity contribution in [1.29, 1.82) is 5.26 Å². The SMILES string of the molecule is CCOc1cc(/C=C(\C#N)C(=O)N[C@H](C)CC)ccc1OCc1cccc2ccccc12. The van der Waals surface area contributed by atoms with Gasteiger partial charge in [-0.3, -0.25) is 4.79 Å². The summed E-state index contributed by atoms with van der Waals surface area (Å²) in [5.74, 6) is 0.803. The summed E-state index contributed by atoms with van der Waals surface area (Å²) in [6.07, 6.45) is 2.36. The number of carbonyl (C=O) groups excluding carboxylic acids is 1. The summed E-state index contributed by atoms with van der Waals surface area (Å²) in [4.78, 5) is 12.3. The highest BCUT2D eigenvalue weighted by Crippen LogP contribution is 2.31. The Bertz CT molecular complexity index is 1160. The molecule has 1 amide bonds. The van der Waals surface area contributed by atoms with Crippen molar-refractivity contribution >= 4 is 22.8 Å². The van der Waals surface area contributed by atoms with E-state index in [9.17, 15) is 10.1 Å². The van der Waals surface area contributed by atoms with E-state index in [1.807, 2.05) is 57.2 Å². The largest absolute Gasteiger partial charge is 0.490 e. The van der Waals surface area contributed by atoms with Crippen LogP contribution in [-0.2, 0) is 11.4 Å². The lowest BCUT2D eigenvalue weighted by molar-refractivity contribution is -0.117. The van der Waals surface area contributed by atoms with Crippen molar-refractivity contribution < 1.29 is 14.3 Å². The molecule has 0 spiro atoms. The molecule has 1 N–H and O–H groups in total. The van der Waals surface area contributed by atoms with Gasteiger partial charge in [-0.25, -0.2) is 0 Å². The van der Waals surface area contributed by atoms with Gasteiger partial charge in [0.15, 0.2) is 11.5 Å². The van der Waals surface area contributed by atoms with Crippen LogP contribution in [0, 0.1) is 11.3 Å². The second kappa shape index (κ2) is 11.0. The first-order valence-corrected chi connectivity index (χ1v) is 10.8. The lowest BCUT2D eigenvalue weighted by atomic mass is 10.1. The maximum atomic E-state index is 12.3. The maximum absolute atomic E-state index is 12.3. The highest BCUT2D eigenvalue weighted by molar-refractivity contribution is 6.01. The first kappa shape index (κ1) is 22.9. The number of nitrogens with zero attached hydrogens (tertiary/aromatic N) is 1. The molecule has 5 nitrogen and oxygen atoms in total. The Kier molecular flexibility index (Phi) is 7.88. The molecule has 32 heavy (non-hydrogen) atoms. The summed E-state index contributed by atoms with van der Waals surface area (Å²) in [5.41, 5.74) is 1.84. The minimum Gasteiger partial charge on any atom is -0.490 e. The molecule has 3 rings (SSSR count). The molecule has 0 aromatic heterocycles. The van der Waals surface area contributed by atoms with Gasteiger partial charge in [0.05, 0.1) is 6.61 Å². The van der Waals surface area contributed by atoms with Crippen LogP contribution in [0.5, 0.6) is 11.5 Å². The van der Waals surface area contributed by atoms with Gasteiger partial charge in [-0.1, -0.05) is 55.5 Å². The van der Waals surface area contributed by atoms with Gasteiger partial charge in [-0.2, -0.15) is 5.26 Å². The highest BCUT2D eigenvalue weighted by atomic mass is 16.5. The molecule has 0 heterocycles. The van der Waals surface area contributed by atoms with Crippen LogP contribution in [0.4, 0.5) is 0 Å². The van der Waals surface area contributed by atoms with E-state index in [-0.39, 0.29) is 17.5 Å². The molecule has 0 aliphatic heterocycles. The van der Waals surface area contributed by atoms with Gasteiger partial charge in [0.25, 0.3) is 5.91 Å². The highest BCUT2D eigenvalue weighted by Gasteiger charge is 2.13. The lowest BCUT2D eigenvalue weighted by Gasteiger charge is -2.14. The van der Waals surface area contributed by atoms with Crippen LogP contribution < -0.4 is 14.8 Å². The van der Waals surface area contributed by atoms with Crippen molar-refractivity contribution in [2.45, 2.75) is 39.8 Å². The standard InChI is InChI=1S/C27H28N2O3/c1-4-19(3)29-27(30)23(17-28)15-20-13-14-25(26(16-20)31-5-2)32-18-22-11-8-10-21-9-6-7-12-24(21)22/h6-16,19H,4-5,18H2,1-3H3,(H,29,30)/b23-15+/t19-/m1/s1. The minimum atomic E-state index is -0.379. The maximum Gasteiger partial charge on any atom is 0.262 e. The number of hydrogen-bond donors (Lipinski definition) is 1. The van der Waals surface area contributed by atoms with Crippen LogP contribution in [0.15, 0.2) is 66.2 Å². The van der Waals surface area contributed by atoms with Gasteiger partial charge < -0.3 is 14.8 Å². The fraction of sp³-hybridized carbons (Fsp3) is 0.259. The van der Waals surface area contributed by atoms with Gasteiger partial charge >= 0.3 is 0 Å². The smallest absolute Gasteiger partial charge is 0.262 e. The second-order valence-corrected chi connectivity index (χ2v) is 7.52. The van der Waals surface area contributed by atoms with Crippen LogP contribution in [0.25, 0.3) is 16.8 Å². The summed E-state index contributed by atoms with van der Waals surface area (Å²) in [7, 11) is 0. The van der Waals surface area contributed by atoms with E-state index in [1.165, 1.54) is 5.39 Å². The third-order valence-electron chi connectivity index (χ3n) is 5.20. The normalized spacial score (nSPS) is 12.1. The first-order chi connectivity index (χ1) is 15.5. The Morgan fingerprint density at radius 3 is 2.59 bits per heavy atom. The van der Waals surface area contributed by atoms with E-state index in [4.69, 9.17) is 9.47 Å². The van der Waals surface area contributed by atoms with Gasteiger partial charge in [0, 0.05) is 6.04 Å². The Morgan fingerprint density at radius 2 is 1.84 bits per heavy atom. The zero-order valence-corrected chi connectivity index (χ0v) is 18.7. The van der Waals surface area contributed by atoms with E-state index < -0.39 is 0 Å². The minimum absolute atomic E-state index is 0.00285. The van der Waals surface area contributed by atoms with Gasteiger partial charge in [-0.15, -0.1) is 0 Å². The summed E-state index contributed by atoms with van der Waals surface area (Å²) in [5, 5.41) is 14.6. The molecule has 0 aliphatic carbocycles. The molecular weight excluding hydrogens is 400 g/mol. The lowest BCUT2D eigenvalue weighted by Crippen LogP contribution is -2.32. The van der Waals surface area contributed by atoms with Crippen LogP contribution in [0.3, 0.4) is 0 Å². The van der Waals surface area contributed by atoms with Gasteiger partial charge in [0.2, 0.25) is 0 Å². The number of nitrogens with one attached hydrogen (secondary N) is 1. The van der Waals surface area contributed by atoms with Crippen molar-refractivity contribution in [1.82, 2.24) is 5.32 Å². The summed E-state index contributed by atoms with van der Waals surface area (Å²) >= 11 is 0. The van der Waals surface area contributed by atoms with Crippen molar-refractivity contribution in [3.63, 3.8) is 0 Å². The monoisotopic (exact) mass is 428 g/mol. The van der Waals surface area contributed by atoms with Crippen molar-refractivity contribution in [3.05, 3.63) is 77.4 Å². The Hall–Kier alpha value is -3.78. The molecule has 0 aliphatic rings. The Morgan fingerprint density at radius 1 is 1.06 bits per heavy atom. The van der Waals surface area contributed by atoms with Crippen LogP contribution in [-0.4, -0.2) is 18.6 Å². The molecule has 0 unspecified atom stereocenters. The van der Waals surface area contributed by atoms with Gasteiger partial charge in [0.1, 0.15) is 18.2 Å². The zero-order valence-electron chi connectivity index (χ0n) is 18.7. The summed E-state index contributed by atoms with van der Waals surface area (Å²) in [6, 6.07) is 21.7. The predicted molar refractivity (Wildman–Crippen MR) is 127 cm³/mol. The number of ether oxygens (including phenoxy) is 2. The first-order valence-electron chi connectivity index (χ1n) is 10.8. The number of nitriles is 1. The number of hydrogen-bond acceptors (Lipinski definition) is 4. The Labute approximate surface area is 189 Å². The predicted octanol–water partition coefficient (Wildman–Crippen LogP) is 5.64. The van der Waals surface area contributed by atoms with E-state index in [1.54, 1.807) is 12.1 Å². The quantitative estimate of drug-likeness (QED) is 0.354. The number of carbonyl (C=O) groups is 1. The molecule has 3 aromatic carbocycles. The summed E-state index contributed by atoms with van der Waals surface area (Å²) < 4.78 is 11.9. The van der Waals surface area contributed by atoms with Crippen LogP contribution in [0.2, 0.25) is 0 Å². The Balaban J connectivity index is 1.82. The summed E-state index contributed by atoms with van der Waals surface area (Å²) in [6.45, 7) is 6.65. The van der Waals surface area contributed by atoms with E-state index in [0.717, 1.165) is 17.4 Å². The number of benzene rings is 3. The van der Waals surface area contributed by atoms with Crippen molar-refractivity contribution in [2.75, 3.05) is 6.61 Å². The second-order valence-electron chi connectivity index (χ2n) is 7.52. The molecule has 0 fully saturated rings. The third kappa shape index (κ3) is 5.67. The van der Waals surface area contributed by atoms with Crippen molar-refractivity contribution in [2.24, 2.45) is 0 Å². The number of rotatable bonds is 9. The average Bonchev–Trinajstić information content (AvgIpc) is 2.82. The molecule has 0 saturated heterocycles. The van der Waals surface area contributed by atoms with E-state index >= 15 is 0 Å². The number of fused-ring (bicyclic) bond motifs is 1. The average molecular weight is 429 g/mol. The molecular formula is C27H28N2O3.